The molecule has 0 fully saturated rings. The number of carbonyl (C=O) groups excluding carboxylic acids is 2. The lowest BCUT2D eigenvalue weighted by atomic mass is 10.0. The van der Waals surface area contributed by atoms with E-state index in [-0.39, 0.29) is 16.9 Å². The second-order valence-electron chi connectivity index (χ2n) is 8.14. The molecule has 0 bridgehead atoms. The third kappa shape index (κ3) is 5.99. The molecule has 3 N–H and O–H groups in total. The molecule has 0 aliphatic rings. The van der Waals surface area contributed by atoms with Gasteiger partial charge >= 0.3 is 0 Å². The zero-order valence-electron chi connectivity index (χ0n) is 19.5. The summed E-state index contributed by atoms with van der Waals surface area (Å²) in [7, 11) is 0. The van der Waals surface area contributed by atoms with Crippen LogP contribution in [-0.2, 0) is 4.79 Å². The van der Waals surface area contributed by atoms with Gasteiger partial charge in [0.2, 0.25) is 5.91 Å². The quantitative estimate of drug-likeness (QED) is 0.234. The standard InChI is InChI=1S/C29H25N3O2S/c1-19-14-16-23(18-20(19)2)30-28(34)25-12-5-6-13-26(25)31-29(35)32-27(33)17-15-22-10-7-9-21-8-3-4-11-24(21)22/h3-18H,1-2H3,(H,30,34)(H2,31,32,33,35)/b17-15+. The summed E-state index contributed by atoms with van der Waals surface area (Å²) in [4.78, 5) is 25.4. The van der Waals surface area contributed by atoms with Gasteiger partial charge in [-0.05, 0) is 83.9 Å². The van der Waals surface area contributed by atoms with Crippen molar-refractivity contribution in [2.24, 2.45) is 0 Å². The molecule has 174 valence electrons. The van der Waals surface area contributed by atoms with Gasteiger partial charge in [-0.2, -0.15) is 0 Å². The van der Waals surface area contributed by atoms with Crippen molar-refractivity contribution in [3.63, 3.8) is 0 Å². The van der Waals surface area contributed by atoms with E-state index >= 15 is 0 Å². The van der Waals surface area contributed by atoms with Gasteiger partial charge in [0, 0.05) is 11.8 Å². The van der Waals surface area contributed by atoms with Crippen LogP contribution in [0.4, 0.5) is 11.4 Å². The summed E-state index contributed by atoms with van der Waals surface area (Å²) in [5.41, 5.74) is 4.80. The molecule has 0 aliphatic heterocycles. The molecule has 4 rings (SSSR count). The van der Waals surface area contributed by atoms with E-state index in [1.165, 1.54) is 6.08 Å². The van der Waals surface area contributed by atoms with Gasteiger partial charge in [-0.3, -0.25) is 14.9 Å². The fraction of sp³-hybridized carbons (Fsp3) is 0.0690. The summed E-state index contributed by atoms with van der Waals surface area (Å²) >= 11 is 5.32. The molecule has 0 aromatic heterocycles. The van der Waals surface area contributed by atoms with Crippen molar-refractivity contribution in [1.29, 1.82) is 0 Å². The van der Waals surface area contributed by atoms with E-state index in [2.05, 4.69) is 16.0 Å². The molecule has 5 nitrogen and oxygen atoms in total. The van der Waals surface area contributed by atoms with Gasteiger partial charge in [-0.15, -0.1) is 0 Å². The maximum atomic E-state index is 12.9. The lowest BCUT2D eigenvalue weighted by Gasteiger charge is -2.13. The number of carbonyl (C=O) groups is 2. The number of para-hydroxylation sites is 1. The summed E-state index contributed by atoms with van der Waals surface area (Å²) in [5.74, 6) is -0.645. The molecule has 35 heavy (non-hydrogen) atoms. The minimum atomic E-state index is -0.368. The largest absolute Gasteiger partial charge is 0.332 e. The maximum Gasteiger partial charge on any atom is 0.257 e. The molecule has 0 saturated heterocycles. The fourth-order valence-electron chi connectivity index (χ4n) is 3.68. The van der Waals surface area contributed by atoms with Gasteiger partial charge in [0.15, 0.2) is 5.11 Å². The molecule has 6 heteroatoms. The number of anilines is 2. The van der Waals surface area contributed by atoms with Gasteiger partial charge < -0.3 is 10.6 Å². The van der Waals surface area contributed by atoms with Crippen LogP contribution in [0.3, 0.4) is 0 Å². The van der Waals surface area contributed by atoms with Crippen molar-refractivity contribution < 1.29 is 9.59 Å². The Bertz CT molecular complexity index is 1450. The molecular formula is C29H25N3O2S. The smallest absolute Gasteiger partial charge is 0.257 e. The highest BCUT2D eigenvalue weighted by molar-refractivity contribution is 7.80. The molecule has 0 unspecified atom stereocenters. The van der Waals surface area contributed by atoms with Gasteiger partial charge in [-0.1, -0.05) is 60.7 Å². The minimum Gasteiger partial charge on any atom is -0.332 e. The fourth-order valence-corrected chi connectivity index (χ4v) is 3.89. The van der Waals surface area contributed by atoms with Crippen molar-refractivity contribution >= 4 is 57.4 Å². The second kappa shape index (κ2) is 10.8. The van der Waals surface area contributed by atoms with Crippen molar-refractivity contribution in [3.05, 3.63) is 113 Å². The molecule has 2 amide bonds. The summed E-state index contributed by atoms with van der Waals surface area (Å²) in [6.45, 7) is 4.02. The first-order valence-electron chi connectivity index (χ1n) is 11.2. The van der Waals surface area contributed by atoms with E-state index in [4.69, 9.17) is 12.2 Å². The Balaban J connectivity index is 1.41. The monoisotopic (exact) mass is 479 g/mol. The first-order valence-corrected chi connectivity index (χ1v) is 11.6. The van der Waals surface area contributed by atoms with Crippen LogP contribution in [0, 0.1) is 13.8 Å². The van der Waals surface area contributed by atoms with E-state index in [9.17, 15) is 9.59 Å². The average Bonchev–Trinajstić information content (AvgIpc) is 2.85. The van der Waals surface area contributed by atoms with E-state index in [1.54, 1.807) is 30.3 Å². The van der Waals surface area contributed by atoms with Crippen LogP contribution >= 0.6 is 12.2 Å². The average molecular weight is 480 g/mol. The predicted octanol–water partition coefficient (Wildman–Crippen LogP) is 6.24. The molecule has 4 aromatic rings. The number of rotatable bonds is 5. The number of hydrogen-bond donors (Lipinski definition) is 3. The van der Waals surface area contributed by atoms with Crippen molar-refractivity contribution in [1.82, 2.24) is 5.32 Å². The van der Waals surface area contributed by atoms with Crippen LogP contribution < -0.4 is 16.0 Å². The SMILES string of the molecule is Cc1ccc(NC(=O)c2ccccc2NC(=S)NC(=O)/C=C/c2cccc3ccccc23)cc1C. The zero-order chi connectivity index (χ0) is 24.8. The van der Waals surface area contributed by atoms with Crippen LogP contribution in [-0.4, -0.2) is 16.9 Å². The first kappa shape index (κ1) is 23.9. The van der Waals surface area contributed by atoms with Crippen molar-refractivity contribution in [2.45, 2.75) is 13.8 Å². The molecular weight excluding hydrogens is 454 g/mol. The molecule has 4 aromatic carbocycles. The van der Waals surface area contributed by atoms with E-state index in [1.807, 2.05) is 74.5 Å². The van der Waals surface area contributed by atoms with Gasteiger partial charge in [0.25, 0.3) is 5.91 Å². The highest BCUT2D eigenvalue weighted by Crippen LogP contribution is 2.21. The van der Waals surface area contributed by atoms with Crippen LogP contribution in [0.5, 0.6) is 0 Å². The van der Waals surface area contributed by atoms with E-state index in [0.29, 0.717) is 16.9 Å². The number of fused-ring (bicyclic) bond motifs is 1. The lowest BCUT2D eigenvalue weighted by molar-refractivity contribution is -0.115. The normalized spacial score (nSPS) is 10.8. The van der Waals surface area contributed by atoms with Crippen LogP contribution in [0.2, 0.25) is 0 Å². The highest BCUT2D eigenvalue weighted by Gasteiger charge is 2.13. The molecule has 0 saturated carbocycles. The van der Waals surface area contributed by atoms with Crippen LogP contribution in [0.15, 0.2) is 91.0 Å². The Labute approximate surface area is 209 Å². The third-order valence-electron chi connectivity index (χ3n) is 5.66. The molecule has 0 heterocycles. The molecule has 0 radical (unpaired) electrons. The number of nitrogens with one attached hydrogen (secondary N) is 3. The van der Waals surface area contributed by atoms with Crippen LogP contribution in [0.1, 0.15) is 27.0 Å². The zero-order valence-corrected chi connectivity index (χ0v) is 20.3. The Morgan fingerprint density at radius 1 is 0.800 bits per heavy atom. The summed E-state index contributed by atoms with van der Waals surface area (Å²) in [5, 5.41) is 10.8. The lowest BCUT2D eigenvalue weighted by Crippen LogP contribution is -2.33. The summed E-state index contributed by atoms with van der Waals surface area (Å²) in [6.07, 6.45) is 3.19. The molecule has 0 aliphatic carbocycles. The Morgan fingerprint density at radius 2 is 1.54 bits per heavy atom. The number of benzene rings is 4. The molecule has 0 atom stereocenters. The number of amides is 2. The van der Waals surface area contributed by atoms with Gasteiger partial charge in [0.05, 0.1) is 11.3 Å². The van der Waals surface area contributed by atoms with E-state index in [0.717, 1.165) is 27.5 Å². The number of hydrogen-bond acceptors (Lipinski definition) is 3. The molecule has 0 spiro atoms. The third-order valence-corrected chi connectivity index (χ3v) is 5.86. The Kier molecular flexibility index (Phi) is 7.33. The van der Waals surface area contributed by atoms with E-state index < -0.39 is 0 Å². The highest BCUT2D eigenvalue weighted by atomic mass is 32.1. The maximum absolute atomic E-state index is 12.9. The number of aryl methyl sites for hydroxylation is 2. The van der Waals surface area contributed by atoms with Gasteiger partial charge in [-0.25, -0.2) is 0 Å². The van der Waals surface area contributed by atoms with Gasteiger partial charge in [0.1, 0.15) is 0 Å². The number of thiocarbonyl (C=S) groups is 1. The minimum absolute atomic E-state index is 0.101. The van der Waals surface area contributed by atoms with Crippen LogP contribution in [0.25, 0.3) is 16.8 Å². The summed E-state index contributed by atoms with van der Waals surface area (Å²) in [6, 6.07) is 26.7. The summed E-state index contributed by atoms with van der Waals surface area (Å²) < 4.78 is 0. The van der Waals surface area contributed by atoms with Crippen molar-refractivity contribution in [3.8, 4) is 0 Å². The Morgan fingerprint density at radius 3 is 2.37 bits per heavy atom. The predicted molar refractivity (Wildman–Crippen MR) is 148 cm³/mol. The second-order valence-corrected chi connectivity index (χ2v) is 8.55. The topological polar surface area (TPSA) is 70.2 Å². The Hall–Kier alpha value is -4.29. The first-order chi connectivity index (χ1) is 16.9. The van der Waals surface area contributed by atoms with Crippen molar-refractivity contribution in [2.75, 3.05) is 10.6 Å².